The molecule has 2 atom stereocenters. The maximum atomic E-state index is 11.8. The molecular formula is C12H22N2O4S. The Bertz CT molecular complexity index is 431. The zero-order valence-corrected chi connectivity index (χ0v) is 12.1. The van der Waals surface area contributed by atoms with Gasteiger partial charge in [-0.25, -0.2) is 8.42 Å². The van der Waals surface area contributed by atoms with E-state index in [1.54, 1.807) is 6.92 Å². The summed E-state index contributed by atoms with van der Waals surface area (Å²) in [6, 6.07) is 0. The average Bonchev–Trinajstić information content (AvgIpc) is 2.87. The molecule has 2 aliphatic rings. The number of hydrogen-bond donors (Lipinski definition) is 2. The van der Waals surface area contributed by atoms with Crippen molar-refractivity contribution in [3.63, 3.8) is 0 Å². The van der Waals surface area contributed by atoms with E-state index in [0.29, 0.717) is 13.0 Å². The van der Waals surface area contributed by atoms with Crippen LogP contribution in [0, 0.1) is 0 Å². The first-order chi connectivity index (χ1) is 8.89. The zero-order valence-electron chi connectivity index (χ0n) is 11.3. The highest BCUT2D eigenvalue weighted by molar-refractivity contribution is 7.91. The van der Waals surface area contributed by atoms with Crippen LogP contribution in [0.25, 0.3) is 0 Å². The molecule has 1 amide bonds. The first-order valence-corrected chi connectivity index (χ1v) is 8.54. The lowest BCUT2D eigenvalue weighted by molar-refractivity contribution is -0.121. The molecule has 0 saturated carbocycles. The lowest BCUT2D eigenvalue weighted by atomic mass is 10.0. The van der Waals surface area contributed by atoms with Crippen molar-refractivity contribution in [1.82, 2.24) is 10.6 Å². The molecule has 2 aliphatic heterocycles. The van der Waals surface area contributed by atoms with Crippen molar-refractivity contribution in [2.45, 2.75) is 37.8 Å². The molecule has 2 heterocycles. The van der Waals surface area contributed by atoms with Crippen LogP contribution in [0.3, 0.4) is 0 Å². The second-order valence-electron chi connectivity index (χ2n) is 5.72. The van der Waals surface area contributed by atoms with Gasteiger partial charge in [-0.15, -0.1) is 0 Å². The van der Waals surface area contributed by atoms with Crippen molar-refractivity contribution >= 4 is 15.7 Å². The average molecular weight is 290 g/mol. The van der Waals surface area contributed by atoms with E-state index in [0.717, 1.165) is 19.4 Å². The van der Waals surface area contributed by atoms with Gasteiger partial charge in [0.25, 0.3) is 0 Å². The number of rotatable bonds is 5. The molecule has 0 aromatic heterocycles. The molecule has 19 heavy (non-hydrogen) atoms. The molecule has 0 radical (unpaired) electrons. The highest BCUT2D eigenvalue weighted by Gasteiger charge is 2.39. The fourth-order valence-electron chi connectivity index (χ4n) is 2.64. The monoisotopic (exact) mass is 290 g/mol. The van der Waals surface area contributed by atoms with Gasteiger partial charge in [0.2, 0.25) is 5.91 Å². The summed E-state index contributed by atoms with van der Waals surface area (Å²) >= 11 is 0. The summed E-state index contributed by atoms with van der Waals surface area (Å²) in [6.07, 6.45) is 2.81. The minimum absolute atomic E-state index is 0.0392. The van der Waals surface area contributed by atoms with Crippen molar-refractivity contribution in [2.24, 2.45) is 0 Å². The third kappa shape index (κ3) is 4.43. The summed E-state index contributed by atoms with van der Waals surface area (Å²) < 4.78 is 28.3. The van der Waals surface area contributed by atoms with Gasteiger partial charge in [-0.05, 0) is 26.2 Å². The van der Waals surface area contributed by atoms with Crippen LogP contribution in [0.2, 0.25) is 0 Å². The molecule has 0 bridgehead atoms. The van der Waals surface area contributed by atoms with E-state index in [1.807, 2.05) is 0 Å². The Morgan fingerprint density at radius 2 is 2.26 bits per heavy atom. The topological polar surface area (TPSA) is 84.5 Å². The summed E-state index contributed by atoms with van der Waals surface area (Å²) in [4.78, 5) is 11.8. The number of nitrogens with one attached hydrogen (secondary N) is 2. The van der Waals surface area contributed by atoms with E-state index in [-0.39, 0.29) is 30.1 Å². The Balaban J connectivity index is 1.69. The van der Waals surface area contributed by atoms with Crippen LogP contribution in [0.4, 0.5) is 0 Å². The molecule has 6 nitrogen and oxygen atoms in total. The number of carbonyl (C=O) groups excluding carboxylic acids is 1. The second kappa shape index (κ2) is 5.76. The molecule has 0 aliphatic carbocycles. The molecule has 2 fully saturated rings. The predicted molar refractivity (Wildman–Crippen MR) is 71.7 cm³/mol. The summed E-state index contributed by atoms with van der Waals surface area (Å²) in [6.45, 7) is 3.46. The van der Waals surface area contributed by atoms with E-state index >= 15 is 0 Å². The minimum atomic E-state index is -2.99. The van der Waals surface area contributed by atoms with Crippen LogP contribution >= 0.6 is 0 Å². The third-order valence-electron chi connectivity index (χ3n) is 3.63. The molecule has 7 heteroatoms. The summed E-state index contributed by atoms with van der Waals surface area (Å²) in [5.41, 5.74) is -0.610. The standard InChI is InChI=1S/C12H22N2O4S/c1-12(4-6-19(16,17)9-12)14-11(15)8-13-7-10-3-2-5-18-10/h10,13H,2-9H2,1H3,(H,14,15). The van der Waals surface area contributed by atoms with Crippen LogP contribution in [0.5, 0.6) is 0 Å². The quantitative estimate of drug-likeness (QED) is 0.709. The van der Waals surface area contributed by atoms with Gasteiger partial charge in [-0.3, -0.25) is 4.79 Å². The molecule has 2 rings (SSSR count). The lowest BCUT2D eigenvalue weighted by Crippen LogP contribution is -2.50. The van der Waals surface area contributed by atoms with E-state index in [2.05, 4.69) is 10.6 Å². The Labute approximate surface area is 114 Å². The van der Waals surface area contributed by atoms with Gasteiger partial charge in [0.1, 0.15) is 0 Å². The maximum absolute atomic E-state index is 11.8. The maximum Gasteiger partial charge on any atom is 0.234 e. The van der Waals surface area contributed by atoms with Gasteiger partial charge in [-0.2, -0.15) is 0 Å². The molecule has 2 saturated heterocycles. The minimum Gasteiger partial charge on any atom is -0.377 e. The Morgan fingerprint density at radius 3 is 2.84 bits per heavy atom. The summed E-state index contributed by atoms with van der Waals surface area (Å²) in [5, 5.41) is 5.87. The molecule has 2 unspecified atom stereocenters. The number of sulfone groups is 1. The molecule has 2 N–H and O–H groups in total. The van der Waals surface area contributed by atoms with Crippen molar-refractivity contribution < 1.29 is 17.9 Å². The van der Waals surface area contributed by atoms with E-state index < -0.39 is 15.4 Å². The fourth-order valence-corrected chi connectivity index (χ4v) is 4.73. The SMILES string of the molecule is CC1(NC(=O)CNCC2CCCO2)CCS(=O)(=O)C1. The van der Waals surface area contributed by atoms with Crippen LogP contribution in [-0.4, -0.2) is 57.2 Å². The van der Waals surface area contributed by atoms with Crippen LogP contribution < -0.4 is 10.6 Å². The fraction of sp³-hybridized carbons (Fsp3) is 0.917. The van der Waals surface area contributed by atoms with Gasteiger partial charge in [-0.1, -0.05) is 0 Å². The van der Waals surface area contributed by atoms with Crippen molar-refractivity contribution in [3.8, 4) is 0 Å². The van der Waals surface area contributed by atoms with E-state index in [4.69, 9.17) is 4.74 Å². The van der Waals surface area contributed by atoms with Crippen LogP contribution in [-0.2, 0) is 19.4 Å². The molecule has 0 aromatic carbocycles. The van der Waals surface area contributed by atoms with Gasteiger partial charge >= 0.3 is 0 Å². The normalized spacial score (nSPS) is 33.4. The van der Waals surface area contributed by atoms with Gasteiger partial charge in [0.15, 0.2) is 9.84 Å². The van der Waals surface area contributed by atoms with Crippen molar-refractivity contribution in [2.75, 3.05) is 31.2 Å². The Morgan fingerprint density at radius 1 is 1.47 bits per heavy atom. The van der Waals surface area contributed by atoms with E-state index in [1.165, 1.54) is 0 Å². The predicted octanol–water partition coefficient (Wildman–Crippen LogP) is -0.552. The number of carbonyl (C=O) groups is 1. The third-order valence-corrected chi connectivity index (χ3v) is 5.53. The Hall–Kier alpha value is -0.660. The first-order valence-electron chi connectivity index (χ1n) is 6.72. The smallest absolute Gasteiger partial charge is 0.234 e. The number of amides is 1. The largest absolute Gasteiger partial charge is 0.377 e. The molecule has 110 valence electrons. The highest BCUT2D eigenvalue weighted by atomic mass is 32.2. The summed E-state index contributed by atoms with van der Waals surface area (Å²) in [7, 11) is -2.99. The van der Waals surface area contributed by atoms with Crippen molar-refractivity contribution in [3.05, 3.63) is 0 Å². The second-order valence-corrected chi connectivity index (χ2v) is 7.90. The van der Waals surface area contributed by atoms with Crippen LogP contribution in [0.15, 0.2) is 0 Å². The summed E-state index contributed by atoms with van der Waals surface area (Å²) in [5.74, 6) is 0.0440. The van der Waals surface area contributed by atoms with Gasteiger partial charge in [0, 0.05) is 13.2 Å². The highest BCUT2D eigenvalue weighted by Crippen LogP contribution is 2.22. The van der Waals surface area contributed by atoms with Gasteiger partial charge < -0.3 is 15.4 Å². The number of ether oxygens (including phenoxy) is 1. The lowest BCUT2D eigenvalue weighted by Gasteiger charge is -2.24. The Kier molecular flexibility index (Phi) is 4.47. The number of hydrogen-bond acceptors (Lipinski definition) is 5. The molecule has 0 spiro atoms. The molecule has 0 aromatic rings. The van der Waals surface area contributed by atoms with E-state index in [9.17, 15) is 13.2 Å². The first kappa shape index (κ1) is 14.7. The van der Waals surface area contributed by atoms with Crippen molar-refractivity contribution in [1.29, 1.82) is 0 Å². The zero-order chi connectivity index (χ0) is 13.9. The van der Waals surface area contributed by atoms with Crippen LogP contribution in [0.1, 0.15) is 26.2 Å². The molecular weight excluding hydrogens is 268 g/mol. The van der Waals surface area contributed by atoms with Gasteiger partial charge in [0.05, 0.1) is 29.7 Å².